The van der Waals surface area contributed by atoms with Crippen molar-refractivity contribution in [2.24, 2.45) is 5.92 Å². The highest BCUT2D eigenvalue weighted by atomic mass is 16.3. The number of hydrogen-bond acceptors (Lipinski definition) is 2. The number of hydrogen-bond donors (Lipinski definition) is 2. The zero-order valence-electron chi connectivity index (χ0n) is 25.9. The molecule has 2 rings (SSSR count). The van der Waals surface area contributed by atoms with E-state index in [2.05, 4.69) is 41.7 Å². The number of benzene rings is 1. The highest BCUT2D eigenvalue weighted by molar-refractivity contribution is 5.80. The van der Waals surface area contributed by atoms with Crippen LogP contribution in [0.2, 0.25) is 0 Å². The van der Waals surface area contributed by atoms with Crippen LogP contribution in [0.4, 0.5) is 0 Å². The minimum Gasteiger partial charge on any atom is -0.371 e. The molecule has 0 bridgehead atoms. The van der Waals surface area contributed by atoms with Crippen LogP contribution in [0.5, 0.6) is 0 Å². The quantitative estimate of drug-likeness (QED) is 0.242. The Bertz CT molecular complexity index is 1160. The lowest BCUT2D eigenvalue weighted by Gasteiger charge is -2.29. The van der Waals surface area contributed by atoms with Crippen molar-refractivity contribution in [3.8, 4) is 0 Å². The van der Waals surface area contributed by atoms with Gasteiger partial charge < -0.3 is 10.4 Å². The summed E-state index contributed by atoms with van der Waals surface area (Å²) in [6.45, 7) is 15.8. The van der Waals surface area contributed by atoms with Crippen molar-refractivity contribution < 1.29 is 5.11 Å². The van der Waals surface area contributed by atoms with Gasteiger partial charge in [-0.1, -0.05) is 168 Å². The highest BCUT2D eigenvalue weighted by Crippen LogP contribution is 2.24. The molecule has 2 unspecified atom stereocenters. The zero-order chi connectivity index (χ0) is 30.1. The van der Waals surface area contributed by atoms with Gasteiger partial charge >= 0.3 is 0 Å². The van der Waals surface area contributed by atoms with E-state index < -0.39 is 5.72 Å². The van der Waals surface area contributed by atoms with Crippen LogP contribution in [0.25, 0.3) is 11.1 Å². The Balaban J connectivity index is 0.00000363. The molecule has 0 heterocycles. The van der Waals surface area contributed by atoms with Crippen LogP contribution in [0, 0.1) is 5.92 Å². The van der Waals surface area contributed by atoms with Crippen molar-refractivity contribution in [2.45, 2.75) is 61.1 Å². The van der Waals surface area contributed by atoms with Gasteiger partial charge in [-0.2, -0.15) is 0 Å². The number of aliphatic hydroxyl groups is 1. The van der Waals surface area contributed by atoms with Crippen LogP contribution in [-0.4, -0.2) is 10.8 Å². The number of rotatable bonds is 9. The van der Waals surface area contributed by atoms with Crippen molar-refractivity contribution in [1.29, 1.82) is 0 Å². The molecular formula is C38H51NO. The second kappa shape index (κ2) is 23.0. The van der Waals surface area contributed by atoms with E-state index in [4.69, 9.17) is 0 Å². The van der Waals surface area contributed by atoms with E-state index in [-0.39, 0.29) is 5.92 Å². The molecule has 1 aromatic carbocycles. The lowest BCUT2D eigenvalue weighted by Crippen LogP contribution is -2.44. The van der Waals surface area contributed by atoms with Gasteiger partial charge in [-0.25, -0.2) is 0 Å². The normalized spacial score (nSPS) is 21.4. The van der Waals surface area contributed by atoms with Crippen LogP contribution in [-0.2, 0) is 0 Å². The molecule has 2 heteroatoms. The van der Waals surface area contributed by atoms with E-state index in [1.807, 2.05) is 158 Å². The van der Waals surface area contributed by atoms with Crippen molar-refractivity contribution in [1.82, 2.24) is 5.32 Å². The Labute approximate surface area is 245 Å². The first-order valence-electron chi connectivity index (χ1n) is 14.4. The lowest BCUT2D eigenvalue weighted by molar-refractivity contribution is 0.00381. The fourth-order valence-electron chi connectivity index (χ4n) is 3.31. The Morgan fingerprint density at radius 2 is 1.40 bits per heavy atom. The summed E-state index contributed by atoms with van der Waals surface area (Å²) in [4.78, 5) is 0. The topological polar surface area (TPSA) is 32.3 Å². The standard InChI is InChI=1S/C34H39NO.2C2H6/c1-5-7-8-14-17-22-29(3)34(4,36)35-28-33(21-6-2)32-26-20-25-31(27-32)30-23-18-15-12-10-9-11-13-16-19-24-30;2*1-2/h5-29,35-36H,1-4H3;2*1-2H3/b7-5-,10-9-,11-9?,12-10?,13-11-,14-8-,15-12+,16-13?,18-15?,19-16-,21-6-,22-17-,23-18+,24-19?,30-23?,30-24+,33-28+;;. The Hall–Kier alpha value is -3.88. The molecule has 0 radical (unpaired) electrons. The molecule has 0 aromatic heterocycles. The third-order valence-corrected chi connectivity index (χ3v) is 5.65. The summed E-state index contributed by atoms with van der Waals surface area (Å²) < 4.78 is 0. The van der Waals surface area contributed by atoms with E-state index in [1.54, 1.807) is 6.92 Å². The van der Waals surface area contributed by atoms with Crippen molar-refractivity contribution in [2.75, 3.05) is 0 Å². The first-order valence-corrected chi connectivity index (χ1v) is 14.4. The molecule has 2 atom stereocenters. The van der Waals surface area contributed by atoms with Gasteiger partial charge in [-0.3, -0.25) is 0 Å². The van der Waals surface area contributed by atoms with Gasteiger partial charge in [0.25, 0.3) is 0 Å². The molecule has 0 fully saturated rings. The molecule has 214 valence electrons. The summed E-state index contributed by atoms with van der Waals surface area (Å²) in [5.41, 5.74) is 3.18. The highest BCUT2D eigenvalue weighted by Gasteiger charge is 2.24. The SMILES string of the molecule is CC.CC.C\C=C/C=C\C=C/C(C)C(C)(O)N/C=C(\C=C/C)c1cccc(C2=C/C=C\C=C/C=C\C=C\C=C\2)c1. The monoisotopic (exact) mass is 537 g/mol. The number of nitrogens with one attached hydrogen (secondary N) is 1. The lowest BCUT2D eigenvalue weighted by atomic mass is 9.97. The van der Waals surface area contributed by atoms with E-state index in [9.17, 15) is 5.11 Å². The fraction of sp³-hybridized carbons (Fsp3) is 0.263. The minimum atomic E-state index is -1.10. The van der Waals surface area contributed by atoms with Gasteiger partial charge in [0.2, 0.25) is 0 Å². The van der Waals surface area contributed by atoms with Crippen LogP contribution < -0.4 is 5.32 Å². The Morgan fingerprint density at radius 1 is 0.800 bits per heavy atom. The first-order chi connectivity index (χ1) is 19.5. The van der Waals surface area contributed by atoms with Gasteiger partial charge in [0.1, 0.15) is 5.72 Å². The molecule has 1 aromatic rings. The third kappa shape index (κ3) is 14.9. The second-order valence-corrected chi connectivity index (χ2v) is 8.58. The predicted octanol–water partition coefficient (Wildman–Crippen LogP) is 10.5. The smallest absolute Gasteiger partial charge is 0.138 e. The maximum Gasteiger partial charge on any atom is 0.138 e. The van der Waals surface area contributed by atoms with Gasteiger partial charge in [0, 0.05) is 12.1 Å². The summed E-state index contributed by atoms with van der Waals surface area (Å²) in [7, 11) is 0. The summed E-state index contributed by atoms with van der Waals surface area (Å²) >= 11 is 0. The molecule has 0 spiro atoms. The summed E-state index contributed by atoms with van der Waals surface area (Å²) in [6.07, 6.45) is 40.2. The summed E-state index contributed by atoms with van der Waals surface area (Å²) in [5, 5.41) is 14.3. The molecule has 40 heavy (non-hydrogen) atoms. The zero-order valence-corrected chi connectivity index (χ0v) is 25.9. The number of allylic oxidation sites excluding steroid dienone is 20. The van der Waals surface area contributed by atoms with Crippen molar-refractivity contribution >= 4 is 11.1 Å². The molecule has 1 aliphatic rings. The average molecular weight is 538 g/mol. The molecule has 1 aliphatic carbocycles. The van der Waals surface area contributed by atoms with Crippen LogP contribution >= 0.6 is 0 Å². The summed E-state index contributed by atoms with van der Waals surface area (Å²) in [6, 6.07) is 8.44. The third-order valence-electron chi connectivity index (χ3n) is 5.65. The van der Waals surface area contributed by atoms with Gasteiger partial charge in [0.05, 0.1) is 0 Å². The molecule has 0 amide bonds. The minimum absolute atomic E-state index is 0.0996. The van der Waals surface area contributed by atoms with Gasteiger partial charge in [-0.05, 0) is 49.1 Å². The molecule has 0 saturated heterocycles. The largest absolute Gasteiger partial charge is 0.371 e. The van der Waals surface area contributed by atoms with Gasteiger partial charge in [0.15, 0.2) is 0 Å². The summed E-state index contributed by atoms with van der Waals surface area (Å²) in [5.74, 6) is -0.0996. The fourth-order valence-corrected chi connectivity index (χ4v) is 3.31. The Morgan fingerprint density at radius 3 is 2.02 bits per heavy atom. The Kier molecular flexibility index (Phi) is 20.8. The predicted molar refractivity (Wildman–Crippen MR) is 182 cm³/mol. The van der Waals surface area contributed by atoms with Crippen LogP contribution in [0.15, 0.2) is 146 Å². The van der Waals surface area contributed by atoms with Crippen LogP contribution in [0.1, 0.15) is 66.5 Å². The van der Waals surface area contributed by atoms with Gasteiger partial charge in [-0.15, -0.1) is 0 Å². The first kappa shape index (κ1) is 36.1. The maximum atomic E-state index is 11.0. The van der Waals surface area contributed by atoms with E-state index in [0.29, 0.717) is 0 Å². The van der Waals surface area contributed by atoms with E-state index in [0.717, 1.165) is 22.3 Å². The molecular weight excluding hydrogens is 486 g/mol. The molecule has 2 N–H and O–H groups in total. The maximum absolute atomic E-state index is 11.0. The van der Waals surface area contributed by atoms with E-state index in [1.165, 1.54) is 0 Å². The van der Waals surface area contributed by atoms with E-state index >= 15 is 0 Å². The molecule has 2 nitrogen and oxygen atoms in total. The van der Waals surface area contributed by atoms with Crippen LogP contribution in [0.3, 0.4) is 0 Å². The molecule has 0 aliphatic heterocycles. The van der Waals surface area contributed by atoms with Crippen molar-refractivity contribution in [3.63, 3.8) is 0 Å². The van der Waals surface area contributed by atoms with Crippen molar-refractivity contribution in [3.05, 3.63) is 157 Å². The average Bonchev–Trinajstić information content (AvgIpc) is 2.97. The second-order valence-electron chi connectivity index (χ2n) is 8.58. The molecule has 0 saturated carbocycles.